The molecule has 0 spiro atoms. The van der Waals surface area contributed by atoms with Crippen LogP contribution in [0.5, 0.6) is 5.75 Å². The highest BCUT2D eigenvalue weighted by molar-refractivity contribution is 6.33. The minimum absolute atomic E-state index is 0.207. The molecule has 3 nitrogen and oxygen atoms in total. The molecule has 0 aromatic heterocycles. The average Bonchev–Trinajstić information content (AvgIpc) is 2.56. The molecule has 0 amide bonds. The number of aliphatic imine (C=N–C) groups is 1. The van der Waals surface area contributed by atoms with Crippen LogP contribution in [0, 0.1) is 6.92 Å². The zero-order valence-electron chi connectivity index (χ0n) is 14.8. The van der Waals surface area contributed by atoms with Gasteiger partial charge in [-0.05, 0) is 42.7 Å². The Labute approximate surface area is 156 Å². The summed E-state index contributed by atoms with van der Waals surface area (Å²) in [5.74, 6) is -0.228. The van der Waals surface area contributed by atoms with E-state index in [2.05, 4.69) is 9.73 Å². The Hall–Kier alpha value is -2.21. The molecule has 0 aliphatic rings. The second-order valence-corrected chi connectivity index (χ2v) is 6.29. The van der Waals surface area contributed by atoms with Gasteiger partial charge in [-0.2, -0.15) is 0 Å². The fraction of sp³-hybridized carbons (Fsp3) is 0.316. The van der Waals surface area contributed by atoms with Crippen LogP contribution in [0.3, 0.4) is 0 Å². The average molecular weight is 385 g/mol. The van der Waals surface area contributed by atoms with E-state index in [4.69, 9.17) is 11.6 Å². The Kier molecular flexibility index (Phi) is 6.53. The fourth-order valence-corrected chi connectivity index (χ4v) is 2.59. The first-order valence-corrected chi connectivity index (χ1v) is 8.44. The Balaban J connectivity index is 2.36. The van der Waals surface area contributed by atoms with E-state index >= 15 is 0 Å². The molecule has 0 N–H and O–H groups in total. The molecule has 2 aromatic carbocycles. The van der Waals surface area contributed by atoms with E-state index in [0.717, 1.165) is 12.1 Å². The van der Waals surface area contributed by atoms with Crippen LogP contribution in [0.4, 0.5) is 18.9 Å². The smallest absolute Gasteiger partial charge is 0.405 e. The lowest BCUT2D eigenvalue weighted by molar-refractivity contribution is -0.274. The summed E-state index contributed by atoms with van der Waals surface area (Å²) in [6, 6.07) is 9.73. The van der Waals surface area contributed by atoms with Gasteiger partial charge in [0.05, 0.1) is 17.0 Å². The van der Waals surface area contributed by atoms with Crippen LogP contribution in [-0.2, 0) is 6.42 Å². The number of para-hydroxylation sites is 1. The van der Waals surface area contributed by atoms with Gasteiger partial charge in [0, 0.05) is 20.0 Å². The molecular weight excluding hydrogens is 365 g/mol. The van der Waals surface area contributed by atoms with Gasteiger partial charge in [-0.3, -0.25) is 0 Å². The van der Waals surface area contributed by atoms with Gasteiger partial charge in [-0.15, -0.1) is 13.2 Å². The Morgan fingerprint density at radius 1 is 1.19 bits per heavy atom. The second kappa shape index (κ2) is 8.45. The predicted octanol–water partition coefficient (Wildman–Crippen LogP) is 5.75. The van der Waals surface area contributed by atoms with Crippen molar-refractivity contribution in [2.45, 2.75) is 26.6 Å². The van der Waals surface area contributed by atoms with E-state index in [9.17, 15) is 13.2 Å². The number of ether oxygens (including phenoxy) is 1. The highest BCUT2D eigenvalue weighted by Crippen LogP contribution is 2.34. The Bertz CT molecular complexity index is 791. The zero-order chi connectivity index (χ0) is 19.3. The first-order valence-electron chi connectivity index (χ1n) is 8.06. The van der Waals surface area contributed by atoms with Gasteiger partial charge in [-0.25, -0.2) is 4.99 Å². The van der Waals surface area contributed by atoms with Crippen molar-refractivity contribution in [1.82, 2.24) is 4.90 Å². The summed E-state index contributed by atoms with van der Waals surface area (Å²) in [6.45, 7) is 4.68. The number of alkyl halides is 3. The van der Waals surface area contributed by atoms with Gasteiger partial charge >= 0.3 is 6.36 Å². The Morgan fingerprint density at radius 3 is 2.54 bits per heavy atom. The van der Waals surface area contributed by atoms with E-state index < -0.39 is 6.36 Å². The first-order chi connectivity index (χ1) is 12.2. The molecule has 0 saturated heterocycles. The first kappa shape index (κ1) is 20.1. The van der Waals surface area contributed by atoms with Gasteiger partial charge in [0.2, 0.25) is 0 Å². The van der Waals surface area contributed by atoms with E-state index in [1.54, 1.807) is 18.5 Å². The molecule has 7 heteroatoms. The number of nitrogens with zero attached hydrogens (tertiary/aromatic N) is 2. The van der Waals surface area contributed by atoms with Crippen LogP contribution >= 0.6 is 11.6 Å². The standard InChI is InChI=1S/C19H20ClF3N2O/c1-4-25(3)12-24-16-10-13(2)9-15(18(16)20)11-14-7-5-6-8-17(14)26-19(21,22)23/h5-10,12H,4,11H2,1-3H3/b24-12-. The molecule has 0 bridgehead atoms. The number of benzene rings is 2. The van der Waals surface area contributed by atoms with Crippen molar-refractivity contribution >= 4 is 23.6 Å². The van der Waals surface area contributed by atoms with Gasteiger partial charge in [-0.1, -0.05) is 35.9 Å². The monoisotopic (exact) mass is 384 g/mol. The fourth-order valence-electron chi connectivity index (χ4n) is 2.37. The second-order valence-electron chi connectivity index (χ2n) is 5.91. The summed E-state index contributed by atoms with van der Waals surface area (Å²) in [5.41, 5.74) is 2.59. The van der Waals surface area contributed by atoms with E-state index in [-0.39, 0.29) is 12.2 Å². The molecule has 0 aliphatic carbocycles. The highest BCUT2D eigenvalue weighted by Gasteiger charge is 2.32. The number of aryl methyl sites for hydroxylation is 1. The lowest BCUT2D eigenvalue weighted by atomic mass is 10.0. The maximum Gasteiger partial charge on any atom is 0.573 e. The van der Waals surface area contributed by atoms with Crippen LogP contribution in [0.1, 0.15) is 23.6 Å². The van der Waals surface area contributed by atoms with Crippen molar-refractivity contribution < 1.29 is 17.9 Å². The van der Waals surface area contributed by atoms with Crippen LogP contribution in [0.2, 0.25) is 5.02 Å². The summed E-state index contributed by atoms with van der Waals surface area (Å²) >= 11 is 6.45. The molecular formula is C19H20ClF3N2O. The largest absolute Gasteiger partial charge is 0.573 e. The van der Waals surface area contributed by atoms with E-state index in [0.29, 0.717) is 21.8 Å². The summed E-state index contributed by atoms with van der Waals surface area (Å²) in [6.07, 6.45) is -2.86. The minimum atomic E-state index is -4.74. The molecule has 26 heavy (non-hydrogen) atoms. The van der Waals surface area contributed by atoms with Crippen molar-refractivity contribution in [3.05, 3.63) is 58.1 Å². The maximum atomic E-state index is 12.6. The van der Waals surface area contributed by atoms with Gasteiger partial charge < -0.3 is 9.64 Å². The van der Waals surface area contributed by atoms with Crippen LogP contribution in [-0.4, -0.2) is 31.2 Å². The number of rotatable bonds is 6. The molecule has 0 unspecified atom stereocenters. The maximum absolute atomic E-state index is 12.6. The molecule has 2 aromatic rings. The number of hydrogen-bond acceptors (Lipinski definition) is 2. The zero-order valence-corrected chi connectivity index (χ0v) is 15.5. The summed E-state index contributed by atoms with van der Waals surface area (Å²) in [4.78, 5) is 6.27. The minimum Gasteiger partial charge on any atom is -0.405 e. The summed E-state index contributed by atoms with van der Waals surface area (Å²) in [5, 5.41) is 0.415. The molecule has 0 radical (unpaired) electrons. The van der Waals surface area contributed by atoms with Crippen LogP contribution < -0.4 is 4.74 Å². The van der Waals surface area contributed by atoms with Crippen molar-refractivity contribution in [3.63, 3.8) is 0 Å². The molecule has 0 aliphatic heterocycles. The lowest BCUT2D eigenvalue weighted by Crippen LogP contribution is -2.18. The van der Waals surface area contributed by atoms with E-state index in [1.807, 2.05) is 37.9 Å². The van der Waals surface area contributed by atoms with Crippen molar-refractivity contribution in [1.29, 1.82) is 0 Å². The quantitative estimate of drug-likeness (QED) is 0.468. The van der Waals surface area contributed by atoms with Crippen molar-refractivity contribution in [2.24, 2.45) is 4.99 Å². The van der Waals surface area contributed by atoms with Gasteiger partial charge in [0.15, 0.2) is 0 Å². The van der Waals surface area contributed by atoms with Crippen molar-refractivity contribution in [3.8, 4) is 5.75 Å². The van der Waals surface area contributed by atoms with Gasteiger partial charge in [0.1, 0.15) is 5.75 Å². The van der Waals surface area contributed by atoms with Gasteiger partial charge in [0.25, 0.3) is 0 Å². The Morgan fingerprint density at radius 2 is 1.88 bits per heavy atom. The van der Waals surface area contributed by atoms with Crippen molar-refractivity contribution in [2.75, 3.05) is 13.6 Å². The third-order valence-electron chi connectivity index (χ3n) is 3.75. The normalized spacial score (nSPS) is 11.8. The summed E-state index contributed by atoms with van der Waals surface area (Å²) in [7, 11) is 1.89. The molecule has 0 saturated carbocycles. The molecule has 0 atom stereocenters. The topological polar surface area (TPSA) is 24.8 Å². The predicted molar refractivity (Wildman–Crippen MR) is 98.6 cm³/mol. The molecule has 140 valence electrons. The lowest BCUT2D eigenvalue weighted by Gasteiger charge is -2.15. The molecule has 2 rings (SSSR count). The van der Waals surface area contributed by atoms with Crippen LogP contribution in [0.15, 0.2) is 41.4 Å². The summed E-state index contributed by atoms with van der Waals surface area (Å²) < 4.78 is 41.9. The third kappa shape index (κ3) is 5.66. The van der Waals surface area contributed by atoms with Crippen LogP contribution in [0.25, 0.3) is 0 Å². The number of hydrogen-bond donors (Lipinski definition) is 0. The number of halogens is 4. The molecule has 0 heterocycles. The van der Waals surface area contributed by atoms with E-state index in [1.165, 1.54) is 12.1 Å². The highest BCUT2D eigenvalue weighted by atomic mass is 35.5. The third-order valence-corrected chi connectivity index (χ3v) is 4.18. The SMILES string of the molecule is CCN(C)/C=N\c1cc(C)cc(Cc2ccccc2OC(F)(F)F)c1Cl. The molecule has 0 fully saturated rings.